The normalized spacial score (nSPS) is 18.3. The quantitative estimate of drug-likeness (QED) is 0.773. The highest BCUT2D eigenvalue weighted by Crippen LogP contribution is 2.35. The largest absolute Gasteiger partial charge is 0.496 e. The number of hydrogen-bond acceptors (Lipinski definition) is 4. The average Bonchev–Trinajstić information content (AvgIpc) is 3.00. The lowest BCUT2D eigenvalue weighted by Crippen LogP contribution is -2.38. The molecule has 0 aromatic heterocycles. The lowest BCUT2D eigenvalue weighted by Gasteiger charge is -2.31. The fraction of sp³-hybridized carbons (Fsp3) is 0.556. The van der Waals surface area contributed by atoms with Crippen molar-refractivity contribution in [2.45, 2.75) is 25.8 Å². The number of nitrogens with zero attached hydrogens (tertiary/aromatic N) is 2. The van der Waals surface area contributed by atoms with Crippen molar-refractivity contribution in [2.75, 3.05) is 40.9 Å². The van der Waals surface area contributed by atoms with Gasteiger partial charge in [-0.1, -0.05) is 19.6 Å². The van der Waals surface area contributed by atoms with E-state index in [2.05, 4.69) is 30.4 Å². The van der Waals surface area contributed by atoms with Crippen LogP contribution < -0.4 is 9.47 Å². The molecule has 4 heteroatoms. The summed E-state index contributed by atoms with van der Waals surface area (Å²) >= 11 is 0. The monoisotopic (exact) mass is 304 g/mol. The van der Waals surface area contributed by atoms with Crippen molar-refractivity contribution in [3.63, 3.8) is 0 Å². The maximum atomic E-state index is 5.49. The summed E-state index contributed by atoms with van der Waals surface area (Å²) in [5.41, 5.74) is 1.88. The minimum atomic E-state index is 0.604. The van der Waals surface area contributed by atoms with E-state index in [-0.39, 0.29) is 0 Å². The Labute approximate surface area is 134 Å². The van der Waals surface area contributed by atoms with Gasteiger partial charge in [0.2, 0.25) is 0 Å². The van der Waals surface area contributed by atoms with Crippen LogP contribution in [0.1, 0.15) is 25.3 Å². The number of ether oxygens (including phenoxy) is 2. The second-order valence-corrected chi connectivity index (χ2v) is 5.79. The van der Waals surface area contributed by atoms with Crippen LogP contribution >= 0.6 is 0 Å². The summed E-state index contributed by atoms with van der Waals surface area (Å²) in [7, 11) is 5.46. The molecule has 1 unspecified atom stereocenters. The Morgan fingerprint density at radius 3 is 2.50 bits per heavy atom. The predicted molar refractivity (Wildman–Crippen MR) is 91.5 cm³/mol. The van der Waals surface area contributed by atoms with E-state index in [1.165, 1.54) is 19.4 Å². The van der Waals surface area contributed by atoms with Crippen molar-refractivity contribution in [2.24, 2.45) is 0 Å². The van der Waals surface area contributed by atoms with Crippen LogP contribution in [0.3, 0.4) is 0 Å². The molecule has 0 bridgehead atoms. The Balaban J connectivity index is 2.17. The first kappa shape index (κ1) is 16.7. The fourth-order valence-corrected chi connectivity index (χ4v) is 3.27. The smallest absolute Gasteiger partial charge is 0.131 e. The molecule has 1 heterocycles. The van der Waals surface area contributed by atoms with Gasteiger partial charge in [-0.2, -0.15) is 0 Å². The van der Waals surface area contributed by atoms with Crippen molar-refractivity contribution < 1.29 is 9.47 Å². The molecule has 1 saturated heterocycles. The van der Waals surface area contributed by atoms with Crippen LogP contribution in [0.5, 0.6) is 11.5 Å². The van der Waals surface area contributed by atoms with Crippen molar-refractivity contribution >= 4 is 5.70 Å². The maximum absolute atomic E-state index is 5.49. The van der Waals surface area contributed by atoms with Gasteiger partial charge in [-0.25, -0.2) is 0 Å². The highest BCUT2D eigenvalue weighted by molar-refractivity contribution is 5.72. The highest BCUT2D eigenvalue weighted by atomic mass is 16.5. The van der Waals surface area contributed by atoms with Crippen LogP contribution in [0.4, 0.5) is 0 Å². The van der Waals surface area contributed by atoms with Gasteiger partial charge in [-0.3, -0.25) is 4.90 Å². The summed E-state index contributed by atoms with van der Waals surface area (Å²) in [4.78, 5) is 4.77. The standard InChI is InChI=1S/C18H28N2O2/c1-6-20-12-8-9-15(20)13-19(3)14(2)18-16(21-4)10-7-11-17(18)22-5/h7,10-11,15H,2,6,8-9,12-13H2,1,3-5H3. The molecule has 0 amide bonds. The predicted octanol–water partition coefficient (Wildman–Crippen LogP) is 3.09. The molecule has 0 radical (unpaired) electrons. The highest BCUT2D eigenvalue weighted by Gasteiger charge is 2.25. The van der Waals surface area contributed by atoms with Crippen LogP contribution in [0.2, 0.25) is 0 Å². The van der Waals surface area contributed by atoms with Crippen molar-refractivity contribution in [1.82, 2.24) is 9.80 Å². The topological polar surface area (TPSA) is 24.9 Å². The van der Waals surface area contributed by atoms with Gasteiger partial charge < -0.3 is 14.4 Å². The third-order valence-electron chi connectivity index (χ3n) is 4.57. The third-order valence-corrected chi connectivity index (χ3v) is 4.57. The van der Waals surface area contributed by atoms with Crippen molar-refractivity contribution in [3.8, 4) is 11.5 Å². The summed E-state index contributed by atoms with van der Waals surface area (Å²) in [6, 6.07) is 6.44. The SMILES string of the molecule is C=C(c1c(OC)cccc1OC)N(C)CC1CCCN1CC. The van der Waals surface area contributed by atoms with Crippen LogP contribution in [0, 0.1) is 0 Å². The average molecular weight is 304 g/mol. The van der Waals surface area contributed by atoms with E-state index < -0.39 is 0 Å². The van der Waals surface area contributed by atoms with Gasteiger partial charge in [0.15, 0.2) is 0 Å². The molecule has 1 fully saturated rings. The van der Waals surface area contributed by atoms with Crippen LogP contribution in [-0.4, -0.2) is 56.7 Å². The zero-order valence-electron chi connectivity index (χ0n) is 14.3. The molecule has 1 aromatic carbocycles. The molecule has 0 saturated carbocycles. The van der Waals surface area contributed by atoms with Crippen LogP contribution in [0.15, 0.2) is 24.8 Å². The zero-order chi connectivity index (χ0) is 16.1. The summed E-state index contributed by atoms with van der Waals surface area (Å²) in [5.74, 6) is 1.60. The molecule has 1 aliphatic rings. The van der Waals surface area contributed by atoms with Gasteiger partial charge in [0.25, 0.3) is 0 Å². The Morgan fingerprint density at radius 2 is 1.95 bits per heavy atom. The number of hydrogen-bond donors (Lipinski definition) is 0. The molecule has 1 aromatic rings. The molecule has 4 nitrogen and oxygen atoms in total. The molecule has 0 aliphatic carbocycles. The molecule has 1 atom stereocenters. The molecular formula is C18H28N2O2. The Morgan fingerprint density at radius 1 is 1.32 bits per heavy atom. The molecule has 22 heavy (non-hydrogen) atoms. The van der Waals surface area contributed by atoms with Crippen LogP contribution in [0.25, 0.3) is 5.70 Å². The minimum Gasteiger partial charge on any atom is -0.496 e. The lowest BCUT2D eigenvalue weighted by atomic mass is 10.1. The molecule has 2 rings (SSSR count). The molecule has 122 valence electrons. The van der Waals surface area contributed by atoms with E-state index in [9.17, 15) is 0 Å². The van der Waals surface area contributed by atoms with Crippen molar-refractivity contribution in [1.29, 1.82) is 0 Å². The van der Waals surface area contributed by atoms with E-state index >= 15 is 0 Å². The van der Waals surface area contributed by atoms with Gasteiger partial charge in [-0.05, 0) is 38.1 Å². The van der Waals surface area contributed by atoms with E-state index in [1.807, 2.05) is 18.2 Å². The van der Waals surface area contributed by atoms with Crippen molar-refractivity contribution in [3.05, 3.63) is 30.3 Å². The maximum Gasteiger partial charge on any atom is 0.131 e. The summed E-state index contributed by atoms with van der Waals surface area (Å²) < 4.78 is 11.0. The lowest BCUT2D eigenvalue weighted by molar-refractivity contribution is 0.230. The molecule has 1 aliphatic heterocycles. The fourth-order valence-electron chi connectivity index (χ4n) is 3.27. The summed E-state index contributed by atoms with van der Waals surface area (Å²) in [5, 5.41) is 0. The van der Waals surface area contributed by atoms with Gasteiger partial charge >= 0.3 is 0 Å². The van der Waals surface area contributed by atoms with Crippen LogP contribution in [-0.2, 0) is 0 Å². The Bertz CT molecular complexity index is 494. The number of rotatable bonds is 7. The second kappa shape index (κ2) is 7.54. The van der Waals surface area contributed by atoms with Gasteiger partial charge in [0, 0.05) is 25.3 Å². The molecule has 0 spiro atoms. The number of likely N-dealkylation sites (N-methyl/N-ethyl adjacent to an activating group) is 2. The number of likely N-dealkylation sites (tertiary alicyclic amines) is 1. The second-order valence-electron chi connectivity index (χ2n) is 5.79. The molecular weight excluding hydrogens is 276 g/mol. The van der Waals surface area contributed by atoms with E-state index in [0.717, 1.165) is 35.8 Å². The number of methoxy groups -OCH3 is 2. The van der Waals surface area contributed by atoms with Gasteiger partial charge in [-0.15, -0.1) is 0 Å². The third kappa shape index (κ3) is 3.38. The van der Waals surface area contributed by atoms with Gasteiger partial charge in [0.1, 0.15) is 11.5 Å². The Hall–Kier alpha value is -1.68. The first-order valence-electron chi connectivity index (χ1n) is 7.97. The first-order valence-corrected chi connectivity index (χ1v) is 7.97. The minimum absolute atomic E-state index is 0.604. The molecule has 0 N–H and O–H groups in total. The van der Waals surface area contributed by atoms with Gasteiger partial charge in [0.05, 0.1) is 19.8 Å². The first-order chi connectivity index (χ1) is 10.6. The Kier molecular flexibility index (Phi) is 5.72. The zero-order valence-corrected chi connectivity index (χ0v) is 14.3. The summed E-state index contributed by atoms with van der Waals surface area (Å²) in [6.07, 6.45) is 2.55. The van der Waals surface area contributed by atoms with E-state index in [0.29, 0.717) is 6.04 Å². The van der Waals surface area contributed by atoms with E-state index in [1.54, 1.807) is 14.2 Å². The summed E-state index contributed by atoms with van der Waals surface area (Å²) in [6.45, 7) is 9.82. The number of benzene rings is 1. The van der Waals surface area contributed by atoms with E-state index in [4.69, 9.17) is 9.47 Å².